The molecule has 50 valence electrons. The van der Waals surface area contributed by atoms with Gasteiger partial charge in [-0.3, -0.25) is 0 Å². The lowest BCUT2D eigenvalue weighted by Crippen LogP contribution is -2.04. The van der Waals surface area contributed by atoms with E-state index in [1.165, 1.54) is 25.8 Å². The van der Waals surface area contributed by atoms with E-state index in [0.29, 0.717) is 0 Å². The molecule has 1 heterocycles. The molecule has 0 aromatic carbocycles. The lowest BCUT2D eigenvalue weighted by molar-refractivity contribution is 0.862. The van der Waals surface area contributed by atoms with Crippen molar-refractivity contribution in [1.82, 2.24) is 5.32 Å². The summed E-state index contributed by atoms with van der Waals surface area (Å²) < 4.78 is 0. The van der Waals surface area contributed by atoms with E-state index in [1.54, 1.807) is 5.57 Å². The highest BCUT2D eigenvalue weighted by Crippen LogP contribution is 2.32. The summed E-state index contributed by atoms with van der Waals surface area (Å²) in [6, 6.07) is 0. The first-order valence-electron chi connectivity index (χ1n) is 3.85. The number of hydrogen-bond donors (Lipinski definition) is 1. The van der Waals surface area contributed by atoms with Gasteiger partial charge >= 0.3 is 0 Å². The molecule has 2 rings (SSSR count). The predicted octanol–water partition coefficient (Wildman–Crippen LogP) is 1.32. The Morgan fingerprint density at radius 1 is 1.44 bits per heavy atom. The van der Waals surface area contributed by atoms with Crippen molar-refractivity contribution in [2.75, 3.05) is 13.1 Å². The van der Waals surface area contributed by atoms with Crippen LogP contribution in [-0.2, 0) is 0 Å². The van der Waals surface area contributed by atoms with Crippen molar-refractivity contribution in [2.24, 2.45) is 5.92 Å². The van der Waals surface area contributed by atoms with Gasteiger partial charge in [0.1, 0.15) is 0 Å². The number of allylic oxidation sites excluding steroid dienone is 1. The van der Waals surface area contributed by atoms with Gasteiger partial charge in [0.2, 0.25) is 0 Å². The van der Waals surface area contributed by atoms with Gasteiger partial charge in [-0.2, -0.15) is 0 Å². The van der Waals surface area contributed by atoms with Gasteiger partial charge in [0, 0.05) is 6.54 Å². The Bertz CT molecular complexity index is 126. The van der Waals surface area contributed by atoms with Crippen LogP contribution in [0.2, 0.25) is 0 Å². The molecular formula is C8H13N. The number of hydrogen-bond acceptors (Lipinski definition) is 1. The second-order valence-corrected chi connectivity index (χ2v) is 3.09. The van der Waals surface area contributed by atoms with Gasteiger partial charge in [-0.15, -0.1) is 0 Å². The third-order valence-corrected chi connectivity index (χ3v) is 2.07. The summed E-state index contributed by atoms with van der Waals surface area (Å²) in [7, 11) is 0. The van der Waals surface area contributed by atoms with Gasteiger partial charge in [-0.25, -0.2) is 0 Å². The van der Waals surface area contributed by atoms with Gasteiger partial charge in [0.25, 0.3) is 0 Å². The standard InChI is InChI=1S/C8H13N/c1-2-7(1)5-8-3-4-9-6-8/h5,7,9H,1-4,6H2/b8-5-. The molecule has 0 aromatic rings. The molecule has 0 spiro atoms. The summed E-state index contributed by atoms with van der Waals surface area (Å²) in [6.07, 6.45) is 6.67. The van der Waals surface area contributed by atoms with Crippen molar-refractivity contribution >= 4 is 0 Å². The minimum absolute atomic E-state index is 0.972. The van der Waals surface area contributed by atoms with Crippen LogP contribution in [0.15, 0.2) is 11.6 Å². The Morgan fingerprint density at radius 3 is 2.89 bits per heavy atom. The van der Waals surface area contributed by atoms with E-state index >= 15 is 0 Å². The molecule has 2 fully saturated rings. The van der Waals surface area contributed by atoms with Gasteiger partial charge in [-0.05, 0) is 31.7 Å². The topological polar surface area (TPSA) is 12.0 Å². The summed E-state index contributed by atoms with van der Waals surface area (Å²) in [5.74, 6) is 0.972. The van der Waals surface area contributed by atoms with Crippen LogP contribution in [0.3, 0.4) is 0 Å². The SMILES string of the molecule is C(=C1\CCNC1)/C1CC1. The quantitative estimate of drug-likeness (QED) is 0.518. The highest BCUT2D eigenvalue weighted by atomic mass is 14.9. The van der Waals surface area contributed by atoms with E-state index in [9.17, 15) is 0 Å². The summed E-state index contributed by atoms with van der Waals surface area (Å²) in [4.78, 5) is 0. The second-order valence-electron chi connectivity index (χ2n) is 3.09. The van der Waals surface area contributed by atoms with E-state index in [4.69, 9.17) is 0 Å². The van der Waals surface area contributed by atoms with Gasteiger partial charge in [0.15, 0.2) is 0 Å². The maximum Gasteiger partial charge on any atom is 0.0165 e. The number of rotatable bonds is 1. The fraction of sp³-hybridized carbons (Fsp3) is 0.750. The summed E-state index contributed by atoms with van der Waals surface area (Å²) >= 11 is 0. The Kier molecular flexibility index (Phi) is 1.31. The molecule has 0 amide bonds. The maximum absolute atomic E-state index is 3.34. The van der Waals surface area contributed by atoms with Crippen molar-refractivity contribution in [1.29, 1.82) is 0 Å². The summed E-state index contributed by atoms with van der Waals surface area (Å²) in [6.45, 7) is 2.37. The molecule has 1 saturated carbocycles. The van der Waals surface area contributed by atoms with Crippen molar-refractivity contribution in [2.45, 2.75) is 19.3 Å². The first-order chi connectivity index (χ1) is 4.45. The zero-order valence-corrected chi connectivity index (χ0v) is 5.69. The molecule has 1 nitrogen and oxygen atoms in total. The van der Waals surface area contributed by atoms with E-state index in [0.717, 1.165) is 12.5 Å². The Morgan fingerprint density at radius 2 is 2.33 bits per heavy atom. The Balaban J connectivity index is 1.93. The smallest absolute Gasteiger partial charge is 0.0165 e. The minimum atomic E-state index is 0.972. The lowest BCUT2D eigenvalue weighted by Gasteiger charge is -1.89. The van der Waals surface area contributed by atoms with Crippen molar-refractivity contribution in [3.63, 3.8) is 0 Å². The van der Waals surface area contributed by atoms with E-state index in [-0.39, 0.29) is 0 Å². The van der Waals surface area contributed by atoms with Crippen LogP contribution in [0.4, 0.5) is 0 Å². The lowest BCUT2D eigenvalue weighted by atomic mass is 10.2. The third kappa shape index (κ3) is 1.33. The van der Waals surface area contributed by atoms with Crippen LogP contribution in [0.1, 0.15) is 19.3 Å². The molecule has 1 saturated heterocycles. The zero-order chi connectivity index (χ0) is 6.10. The van der Waals surface area contributed by atoms with Crippen LogP contribution in [-0.4, -0.2) is 13.1 Å². The Hall–Kier alpha value is -0.300. The normalized spacial score (nSPS) is 31.8. The molecule has 1 aliphatic heterocycles. The van der Waals surface area contributed by atoms with Crippen molar-refractivity contribution in [3.05, 3.63) is 11.6 Å². The second kappa shape index (κ2) is 2.14. The Labute approximate surface area is 56.1 Å². The molecule has 1 heteroatoms. The molecule has 2 aliphatic rings. The molecule has 0 radical (unpaired) electrons. The predicted molar refractivity (Wildman–Crippen MR) is 38.3 cm³/mol. The minimum Gasteiger partial charge on any atom is -0.313 e. The molecular weight excluding hydrogens is 110 g/mol. The maximum atomic E-state index is 3.34. The molecule has 0 unspecified atom stereocenters. The van der Waals surface area contributed by atoms with Crippen LogP contribution in [0, 0.1) is 5.92 Å². The van der Waals surface area contributed by atoms with Gasteiger partial charge in [0.05, 0.1) is 0 Å². The van der Waals surface area contributed by atoms with E-state index in [2.05, 4.69) is 11.4 Å². The van der Waals surface area contributed by atoms with Crippen LogP contribution < -0.4 is 5.32 Å². The molecule has 0 bridgehead atoms. The van der Waals surface area contributed by atoms with Crippen molar-refractivity contribution < 1.29 is 0 Å². The third-order valence-electron chi connectivity index (χ3n) is 2.07. The molecule has 1 N–H and O–H groups in total. The fourth-order valence-corrected chi connectivity index (χ4v) is 1.32. The average molecular weight is 123 g/mol. The molecule has 0 aromatic heterocycles. The molecule has 9 heavy (non-hydrogen) atoms. The van der Waals surface area contributed by atoms with Crippen LogP contribution in [0.25, 0.3) is 0 Å². The monoisotopic (exact) mass is 123 g/mol. The van der Waals surface area contributed by atoms with Crippen molar-refractivity contribution in [3.8, 4) is 0 Å². The summed E-state index contributed by atoms with van der Waals surface area (Å²) in [5.41, 5.74) is 1.65. The highest BCUT2D eigenvalue weighted by molar-refractivity contribution is 5.13. The molecule has 1 aliphatic carbocycles. The van der Waals surface area contributed by atoms with Crippen LogP contribution in [0.5, 0.6) is 0 Å². The zero-order valence-electron chi connectivity index (χ0n) is 5.69. The number of nitrogens with one attached hydrogen (secondary N) is 1. The first-order valence-corrected chi connectivity index (χ1v) is 3.85. The van der Waals surface area contributed by atoms with Gasteiger partial charge < -0.3 is 5.32 Å². The first kappa shape index (κ1) is 5.48. The van der Waals surface area contributed by atoms with E-state index < -0.39 is 0 Å². The van der Waals surface area contributed by atoms with Crippen LogP contribution >= 0.6 is 0 Å². The fourth-order valence-electron chi connectivity index (χ4n) is 1.32. The highest BCUT2D eigenvalue weighted by Gasteiger charge is 2.19. The average Bonchev–Trinajstić information content (AvgIpc) is 2.46. The van der Waals surface area contributed by atoms with Gasteiger partial charge in [-0.1, -0.05) is 11.6 Å². The summed E-state index contributed by atoms with van der Waals surface area (Å²) in [5, 5.41) is 3.34. The van der Waals surface area contributed by atoms with E-state index in [1.807, 2.05) is 0 Å². The molecule has 0 atom stereocenters. The largest absolute Gasteiger partial charge is 0.313 e.